The molecule has 1 spiro atoms. The van der Waals surface area contributed by atoms with Crippen LogP contribution in [0.3, 0.4) is 0 Å². The lowest BCUT2D eigenvalue weighted by Gasteiger charge is -2.48. The van der Waals surface area contributed by atoms with Crippen LogP contribution < -0.4 is 15.5 Å². The van der Waals surface area contributed by atoms with Gasteiger partial charge in [-0.1, -0.05) is 30.3 Å². The van der Waals surface area contributed by atoms with Crippen LogP contribution >= 0.6 is 0 Å². The minimum Gasteiger partial charge on any atom is -0.359 e. The fourth-order valence-electron chi connectivity index (χ4n) is 5.37. The Hall–Kier alpha value is -3.06. The first-order valence-corrected chi connectivity index (χ1v) is 10.9. The van der Waals surface area contributed by atoms with Crippen LogP contribution in [-0.4, -0.2) is 54.1 Å². The Morgan fingerprint density at radius 3 is 2.48 bits per heavy atom. The molecule has 7 heteroatoms. The topological polar surface area (TPSA) is 76.3 Å². The minimum atomic E-state index is -0.176. The van der Waals surface area contributed by atoms with Gasteiger partial charge in [-0.25, -0.2) is 9.78 Å². The number of rotatable bonds is 4. The molecule has 2 aromatic carbocycles. The third kappa shape index (κ3) is 3.24. The molecule has 1 aliphatic carbocycles. The number of hydrogen-bond donors (Lipinski definition) is 3. The standard InChI is InChI=1S/C24H30N6O/c1-25-21-26-19-10-9-18(15-20(19)27-21)30-16-23(28-22(30)31)11-13-24(14-12-23,29(2)3)17-7-5-4-6-8-17/h4-10,15H,11-14,16H2,1-3H3,(H,28,31)(H2,25,26,27). The number of aromatic nitrogens is 2. The van der Waals surface area contributed by atoms with Crippen molar-refractivity contribution in [2.45, 2.75) is 36.8 Å². The van der Waals surface area contributed by atoms with Gasteiger partial charge in [-0.2, -0.15) is 0 Å². The van der Waals surface area contributed by atoms with Crippen LogP contribution in [0.25, 0.3) is 11.0 Å². The van der Waals surface area contributed by atoms with Gasteiger partial charge in [0.15, 0.2) is 0 Å². The van der Waals surface area contributed by atoms with E-state index in [9.17, 15) is 4.79 Å². The molecule has 162 valence electrons. The number of aromatic amines is 1. The number of nitrogens with one attached hydrogen (secondary N) is 3. The van der Waals surface area contributed by atoms with Crippen molar-refractivity contribution in [3.8, 4) is 0 Å². The van der Waals surface area contributed by atoms with Crippen molar-refractivity contribution in [2.75, 3.05) is 37.9 Å². The summed E-state index contributed by atoms with van der Waals surface area (Å²) in [7, 11) is 6.18. The third-order valence-corrected chi connectivity index (χ3v) is 7.29. The van der Waals surface area contributed by atoms with Crippen LogP contribution in [0.5, 0.6) is 0 Å². The molecule has 7 nitrogen and oxygen atoms in total. The van der Waals surface area contributed by atoms with Crippen LogP contribution in [0.2, 0.25) is 0 Å². The van der Waals surface area contributed by atoms with Crippen molar-refractivity contribution in [3.05, 3.63) is 54.1 Å². The second kappa shape index (κ2) is 7.27. The molecule has 0 atom stereocenters. The lowest BCUT2D eigenvalue weighted by atomic mass is 9.69. The number of carbonyl (C=O) groups excluding carboxylic acids is 1. The van der Waals surface area contributed by atoms with Gasteiger partial charge in [0, 0.05) is 18.3 Å². The summed E-state index contributed by atoms with van der Waals surface area (Å²) in [5.41, 5.74) is 3.92. The second-order valence-corrected chi connectivity index (χ2v) is 9.13. The first kappa shape index (κ1) is 19.9. The Bertz CT molecular complexity index is 1100. The molecular weight excluding hydrogens is 388 g/mol. The monoisotopic (exact) mass is 418 g/mol. The van der Waals surface area contributed by atoms with Gasteiger partial charge in [0.1, 0.15) is 0 Å². The maximum atomic E-state index is 13.0. The van der Waals surface area contributed by atoms with E-state index >= 15 is 0 Å². The van der Waals surface area contributed by atoms with E-state index in [1.165, 1.54) is 5.56 Å². The maximum absolute atomic E-state index is 13.0. The normalized spacial score (nSPS) is 26.1. The fourth-order valence-corrected chi connectivity index (χ4v) is 5.37. The van der Waals surface area contributed by atoms with E-state index in [1.54, 1.807) is 0 Å². The van der Waals surface area contributed by atoms with Crippen molar-refractivity contribution >= 4 is 28.7 Å². The Morgan fingerprint density at radius 2 is 1.81 bits per heavy atom. The molecule has 2 fully saturated rings. The smallest absolute Gasteiger partial charge is 0.322 e. The molecule has 3 N–H and O–H groups in total. The molecule has 3 aromatic rings. The molecular formula is C24H30N6O. The van der Waals surface area contributed by atoms with Crippen molar-refractivity contribution < 1.29 is 4.79 Å². The highest BCUT2D eigenvalue weighted by atomic mass is 16.2. The molecule has 1 saturated heterocycles. The molecule has 2 aliphatic rings. The Balaban J connectivity index is 1.38. The van der Waals surface area contributed by atoms with Gasteiger partial charge in [0.25, 0.3) is 0 Å². The first-order chi connectivity index (χ1) is 14.9. The zero-order chi connectivity index (χ0) is 21.6. The van der Waals surface area contributed by atoms with E-state index in [-0.39, 0.29) is 17.1 Å². The third-order valence-electron chi connectivity index (χ3n) is 7.29. The van der Waals surface area contributed by atoms with Gasteiger partial charge in [-0.3, -0.25) is 9.80 Å². The van der Waals surface area contributed by atoms with E-state index in [0.717, 1.165) is 48.4 Å². The molecule has 0 unspecified atom stereocenters. The Morgan fingerprint density at radius 1 is 1.06 bits per heavy atom. The molecule has 2 amide bonds. The molecule has 1 saturated carbocycles. The van der Waals surface area contributed by atoms with E-state index in [1.807, 2.05) is 30.1 Å². The molecule has 2 heterocycles. The summed E-state index contributed by atoms with van der Waals surface area (Å²) in [5, 5.41) is 6.37. The minimum absolute atomic E-state index is 0.00947. The van der Waals surface area contributed by atoms with Gasteiger partial charge in [0.2, 0.25) is 5.95 Å². The largest absolute Gasteiger partial charge is 0.359 e. The zero-order valence-corrected chi connectivity index (χ0v) is 18.4. The molecule has 0 radical (unpaired) electrons. The van der Waals surface area contributed by atoms with Crippen LogP contribution in [-0.2, 0) is 5.54 Å². The highest BCUT2D eigenvalue weighted by Crippen LogP contribution is 2.46. The van der Waals surface area contributed by atoms with E-state index in [0.29, 0.717) is 6.54 Å². The van der Waals surface area contributed by atoms with Gasteiger partial charge >= 0.3 is 6.03 Å². The number of imidazole rings is 1. The fraction of sp³-hybridized carbons (Fsp3) is 0.417. The van der Waals surface area contributed by atoms with Crippen molar-refractivity contribution in [2.24, 2.45) is 0 Å². The number of urea groups is 1. The number of hydrogen-bond acceptors (Lipinski definition) is 4. The average Bonchev–Trinajstić information content (AvgIpc) is 3.35. The second-order valence-electron chi connectivity index (χ2n) is 9.13. The lowest BCUT2D eigenvalue weighted by Crippen LogP contribution is -2.54. The zero-order valence-electron chi connectivity index (χ0n) is 18.4. The van der Waals surface area contributed by atoms with Crippen LogP contribution in [0.1, 0.15) is 31.2 Å². The molecule has 1 aliphatic heterocycles. The summed E-state index contributed by atoms with van der Waals surface area (Å²) in [6.45, 7) is 0.697. The summed E-state index contributed by atoms with van der Waals surface area (Å²) in [6.07, 6.45) is 3.95. The highest BCUT2D eigenvalue weighted by molar-refractivity contribution is 5.97. The maximum Gasteiger partial charge on any atom is 0.322 e. The van der Waals surface area contributed by atoms with Crippen molar-refractivity contribution in [3.63, 3.8) is 0 Å². The molecule has 0 bridgehead atoms. The quantitative estimate of drug-likeness (QED) is 0.601. The number of fused-ring (bicyclic) bond motifs is 1. The highest BCUT2D eigenvalue weighted by Gasteiger charge is 2.50. The number of anilines is 2. The van der Waals surface area contributed by atoms with Gasteiger partial charge in [0.05, 0.1) is 23.1 Å². The molecule has 1 aromatic heterocycles. The summed E-state index contributed by atoms with van der Waals surface area (Å²) in [6, 6.07) is 16.7. The predicted octanol–water partition coefficient (Wildman–Crippen LogP) is 3.90. The van der Waals surface area contributed by atoms with Gasteiger partial charge in [-0.15, -0.1) is 0 Å². The lowest BCUT2D eigenvalue weighted by molar-refractivity contribution is 0.0658. The Labute approximate surface area is 182 Å². The van der Waals surface area contributed by atoms with Gasteiger partial charge < -0.3 is 15.6 Å². The summed E-state index contributed by atoms with van der Waals surface area (Å²) in [4.78, 5) is 24.9. The average molecular weight is 419 g/mol. The van der Waals surface area contributed by atoms with E-state index in [4.69, 9.17) is 0 Å². The number of H-pyrrole nitrogens is 1. The molecule has 31 heavy (non-hydrogen) atoms. The number of benzene rings is 2. The summed E-state index contributed by atoms with van der Waals surface area (Å²) in [5.74, 6) is 0.725. The van der Waals surface area contributed by atoms with Gasteiger partial charge in [-0.05, 0) is 63.5 Å². The van der Waals surface area contributed by atoms with Crippen molar-refractivity contribution in [1.82, 2.24) is 20.2 Å². The summed E-state index contributed by atoms with van der Waals surface area (Å²) < 4.78 is 0. The number of carbonyl (C=O) groups is 1. The first-order valence-electron chi connectivity index (χ1n) is 10.9. The van der Waals surface area contributed by atoms with E-state index < -0.39 is 0 Å². The van der Waals surface area contributed by atoms with E-state index in [2.05, 4.69) is 69.9 Å². The molecule has 5 rings (SSSR count). The number of nitrogens with zero attached hydrogens (tertiary/aromatic N) is 3. The predicted molar refractivity (Wildman–Crippen MR) is 125 cm³/mol. The van der Waals surface area contributed by atoms with Crippen molar-refractivity contribution in [1.29, 1.82) is 0 Å². The Kier molecular flexibility index (Phi) is 4.66. The SMILES string of the molecule is CNc1nc2ccc(N3CC4(CCC(c5ccccc5)(N(C)C)CC4)NC3=O)cc2[nH]1. The summed E-state index contributed by atoms with van der Waals surface area (Å²) >= 11 is 0. The van der Waals surface area contributed by atoms with Crippen LogP contribution in [0.4, 0.5) is 16.4 Å². The van der Waals surface area contributed by atoms with Crippen LogP contribution in [0.15, 0.2) is 48.5 Å². The number of amides is 2. The van der Waals surface area contributed by atoms with Crippen LogP contribution in [0, 0.1) is 0 Å².